The van der Waals surface area contributed by atoms with Gasteiger partial charge in [-0.15, -0.1) is 0 Å². The van der Waals surface area contributed by atoms with Crippen molar-refractivity contribution in [1.82, 2.24) is 0 Å². The Bertz CT molecular complexity index is 831. The SMILES string of the molecule is O=C(COC(=O)C=Cc1cccc(C(F)(F)F)c1)Nc1ccccc1F. The van der Waals surface area contributed by atoms with Gasteiger partial charge in [-0.05, 0) is 35.9 Å². The molecule has 0 saturated carbocycles. The van der Waals surface area contributed by atoms with Crippen LogP contribution in [-0.4, -0.2) is 18.5 Å². The lowest BCUT2D eigenvalue weighted by atomic mass is 10.1. The molecule has 26 heavy (non-hydrogen) atoms. The number of carbonyl (C=O) groups is 2. The van der Waals surface area contributed by atoms with Crippen LogP contribution in [0.15, 0.2) is 54.6 Å². The average molecular weight is 367 g/mol. The van der Waals surface area contributed by atoms with E-state index in [1.807, 2.05) is 0 Å². The van der Waals surface area contributed by atoms with Gasteiger partial charge in [-0.3, -0.25) is 4.79 Å². The largest absolute Gasteiger partial charge is 0.452 e. The van der Waals surface area contributed by atoms with Gasteiger partial charge in [0.1, 0.15) is 5.82 Å². The zero-order valence-corrected chi connectivity index (χ0v) is 13.2. The van der Waals surface area contributed by atoms with Gasteiger partial charge in [-0.2, -0.15) is 13.2 Å². The lowest BCUT2D eigenvalue weighted by molar-refractivity contribution is -0.142. The van der Waals surface area contributed by atoms with E-state index >= 15 is 0 Å². The summed E-state index contributed by atoms with van der Waals surface area (Å²) >= 11 is 0. The highest BCUT2D eigenvalue weighted by atomic mass is 19.4. The minimum Gasteiger partial charge on any atom is -0.452 e. The van der Waals surface area contributed by atoms with E-state index < -0.39 is 36.0 Å². The summed E-state index contributed by atoms with van der Waals surface area (Å²) in [6, 6.07) is 9.81. The van der Waals surface area contributed by atoms with Crippen LogP contribution in [0.3, 0.4) is 0 Å². The fraction of sp³-hybridized carbons (Fsp3) is 0.111. The summed E-state index contributed by atoms with van der Waals surface area (Å²) in [7, 11) is 0. The summed E-state index contributed by atoms with van der Waals surface area (Å²) in [6.45, 7) is -0.667. The van der Waals surface area contributed by atoms with Crippen molar-refractivity contribution < 1.29 is 31.9 Å². The van der Waals surface area contributed by atoms with Crippen molar-refractivity contribution >= 4 is 23.6 Å². The highest BCUT2D eigenvalue weighted by molar-refractivity contribution is 5.94. The molecule has 1 N–H and O–H groups in total. The monoisotopic (exact) mass is 367 g/mol. The van der Waals surface area contributed by atoms with Gasteiger partial charge in [0.15, 0.2) is 6.61 Å². The maximum absolute atomic E-state index is 13.4. The van der Waals surface area contributed by atoms with Gasteiger partial charge in [-0.1, -0.05) is 24.3 Å². The zero-order chi connectivity index (χ0) is 19.2. The number of benzene rings is 2. The minimum atomic E-state index is -4.49. The van der Waals surface area contributed by atoms with Crippen LogP contribution >= 0.6 is 0 Å². The Labute approximate surface area is 146 Å². The summed E-state index contributed by atoms with van der Waals surface area (Å²) < 4.78 is 55.8. The molecule has 0 bridgehead atoms. The molecule has 0 aliphatic heterocycles. The van der Waals surface area contributed by atoms with Crippen LogP contribution in [0.4, 0.5) is 23.2 Å². The number of esters is 1. The van der Waals surface area contributed by atoms with Crippen molar-refractivity contribution in [2.45, 2.75) is 6.18 Å². The Kier molecular flexibility index (Phi) is 6.11. The minimum absolute atomic E-state index is 0.0620. The highest BCUT2D eigenvalue weighted by Crippen LogP contribution is 2.29. The molecule has 0 unspecified atom stereocenters. The Morgan fingerprint density at radius 2 is 1.81 bits per heavy atom. The second-order valence-corrected chi connectivity index (χ2v) is 5.09. The highest BCUT2D eigenvalue weighted by Gasteiger charge is 2.30. The molecular weight excluding hydrogens is 354 g/mol. The van der Waals surface area contributed by atoms with E-state index in [-0.39, 0.29) is 11.3 Å². The standard InChI is InChI=1S/C18H13F4NO3/c19-14-6-1-2-7-15(14)23-16(24)11-26-17(25)9-8-12-4-3-5-13(10-12)18(20,21)22/h1-10H,11H2,(H,23,24). The molecule has 1 amide bonds. The number of anilines is 1. The number of hydrogen-bond acceptors (Lipinski definition) is 3. The van der Waals surface area contributed by atoms with Gasteiger partial charge < -0.3 is 10.1 Å². The molecule has 0 spiro atoms. The van der Waals surface area contributed by atoms with Crippen LogP contribution in [0.5, 0.6) is 0 Å². The third-order valence-corrected chi connectivity index (χ3v) is 3.12. The predicted molar refractivity (Wildman–Crippen MR) is 86.5 cm³/mol. The molecule has 0 fully saturated rings. The van der Waals surface area contributed by atoms with E-state index in [0.717, 1.165) is 30.4 Å². The number of para-hydroxylation sites is 1. The van der Waals surface area contributed by atoms with Gasteiger partial charge in [0.05, 0.1) is 11.3 Å². The number of hydrogen-bond donors (Lipinski definition) is 1. The molecule has 0 aliphatic carbocycles. The first-order valence-corrected chi connectivity index (χ1v) is 7.32. The number of nitrogens with one attached hydrogen (secondary N) is 1. The quantitative estimate of drug-likeness (QED) is 0.493. The smallest absolute Gasteiger partial charge is 0.416 e. The van der Waals surface area contributed by atoms with Crippen molar-refractivity contribution in [3.63, 3.8) is 0 Å². The Balaban J connectivity index is 1.88. The van der Waals surface area contributed by atoms with Crippen LogP contribution in [0, 0.1) is 5.82 Å². The number of carbonyl (C=O) groups excluding carboxylic acids is 2. The van der Waals surface area contributed by atoms with Gasteiger partial charge in [0, 0.05) is 6.08 Å². The van der Waals surface area contributed by atoms with Crippen LogP contribution < -0.4 is 5.32 Å². The summed E-state index contributed by atoms with van der Waals surface area (Å²) in [5.41, 5.74) is -0.766. The molecule has 0 radical (unpaired) electrons. The Morgan fingerprint density at radius 3 is 2.50 bits per heavy atom. The van der Waals surface area contributed by atoms with Crippen molar-refractivity contribution in [2.75, 3.05) is 11.9 Å². The fourth-order valence-electron chi connectivity index (χ4n) is 1.92. The van der Waals surface area contributed by atoms with Crippen molar-refractivity contribution in [1.29, 1.82) is 0 Å². The molecule has 4 nitrogen and oxygen atoms in total. The number of rotatable bonds is 5. The molecular formula is C18H13F4NO3. The van der Waals surface area contributed by atoms with Crippen LogP contribution in [0.2, 0.25) is 0 Å². The van der Waals surface area contributed by atoms with Gasteiger partial charge in [0.25, 0.3) is 5.91 Å². The molecule has 0 saturated heterocycles. The fourth-order valence-corrected chi connectivity index (χ4v) is 1.92. The van der Waals surface area contributed by atoms with Crippen molar-refractivity contribution in [2.24, 2.45) is 0 Å². The lowest BCUT2D eigenvalue weighted by Gasteiger charge is -2.07. The van der Waals surface area contributed by atoms with Crippen LogP contribution in [-0.2, 0) is 20.5 Å². The molecule has 136 valence electrons. The molecule has 0 aliphatic rings. The molecule has 0 heterocycles. The molecule has 2 aromatic rings. The van der Waals surface area contributed by atoms with E-state index in [1.165, 1.54) is 30.3 Å². The normalized spacial score (nSPS) is 11.4. The number of halogens is 4. The lowest BCUT2D eigenvalue weighted by Crippen LogP contribution is -2.20. The first-order chi connectivity index (χ1) is 12.3. The maximum Gasteiger partial charge on any atom is 0.416 e. The van der Waals surface area contributed by atoms with E-state index in [0.29, 0.717) is 0 Å². The van der Waals surface area contributed by atoms with Gasteiger partial charge in [0.2, 0.25) is 0 Å². The third kappa shape index (κ3) is 5.73. The van der Waals surface area contributed by atoms with E-state index in [9.17, 15) is 27.2 Å². The van der Waals surface area contributed by atoms with Crippen LogP contribution in [0.25, 0.3) is 6.08 Å². The van der Waals surface area contributed by atoms with E-state index in [4.69, 9.17) is 0 Å². The summed E-state index contributed by atoms with van der Waals surface area (Å²) in [5.74, 6) is -2.32. The van der Waals surface area contributed by atoms with Gasteiger partial charge >= 0.3 is 12.1 Å². The average Bonchev–Trinajstić information content (AvgIpc) is 2.60. The van der Waals surface area contributed by atoms with E-state index in [2.05, 4.69) is 10.1 Å². The number of alkyl halides is 3. The molecule has 8 heteroatoms. The number of ether oxygens (including phenoxy) is 1. The molecule has 2 rings (SSSR count). The first-order valence-electron chi connectivity index (χ1n) is 7.32. The second-order valence-electron chi connectivity index (χ2n) is 5.09. The summed E-state index contributed by atoms with van der Waals surface area (Å²) in [4.78, 5) is 23.1. The predicted octanol–water partition coefficient (Wildman–Crippen LogP) is 4.04. The summed E-state index contributed by atoms with van der Waals surface area (Å²) in [5, 5.41) is 2.22. The second kappa shape index (κ2) is 8.28. The maximum atomic E-state index is 13.4. The zero-order valence-electron chi connectivity index (χ0n) is 13.2. The summed E-state index contributed by atoms with van der Waals surface area (Å²) in [6.07, 6.45) is -2.46. The topological polar surface area (TPSA) is 55.4 Å². The third-order valence-electron chi connectivity index (χ3n) is 3.12. The van der Waals surface area contributed by atoms with Crippen LogP contribution in [0.1, 0.15) is 11.1 Å². The molecule has 0 atom stereocenters. The Morgan fingerprint density at radius 1 is 1.08 bits per heavy atom. The first kappa shape index (κ1) is 19.2. The number of amides is 1. The van der Waals surface area contributed by atoms with Gasteiger partial charge in [-0.25, -0.2) is 9.18 Å². The van der Waals surface area contributed by atoms with Crippen molar-refractivity contribution in [3.8, 4) is 0 Å². The van der Waals surface area contributed by atoms with E-state index in [1.54, 1.807) is 0 Å². The van der Waals surface area contributed by atoms with Crippen molar-refractivity contribution in [3.05, 3.63) is 71.6 Å². The molecule has 2 aromatic carbocycles. The Hall–Kier alpha value is -3.16. The molecule has 0 aromatic heterocycles.